The molecule has 2 aromatic rings. The number of aldehydes is 1. The van der Waals surface area contributed by atoms with E-state index < -0.39 is 5.97 Å². The molecular formula is C21H22O6. The highest BCUT2D eigenvalue weighted by Crippen LogP contribution is 2.43. The van der Waals surface area contributed by atoms with Crippen LogP contribution in [0.25, 0.3) is 0 Å². The van der Waals surface area contributed by atoms with Gasteiger partial charge in [-0.1, -0.05) is 13.0 Å². The fourth-order valence-corrected chi connectivity index (χ4v) is 3.37. The number of fused-ring (bicyclic) bond motifs is 1. The molecular weight excluding hydrogens is 348 g/mol. The second-order valence-electron chi connectivity index (χ2n) is 6.53. The lowest BCUT2D eigenvalue weighted by Crippen LogP contribution is -2.25. The number of methoxy groups -OCH3 is 2. The van der Waals surface area contributed by atoms with Gasteiger partial charge in [0.15, 0.2) is 17.8 Å². The molecule has 0 bridgehead atoms. The van der Waals surface area contributed by atoms with E-state index in [4.69, 9.17) is 18.9 Å². The fraction of sp³-hybridized carbons (Fsp3) is 0.333. The van der Waals surface area contributed by atoms with E-state index in [1.165, 1.54) is 14.0 Å². The summed E-state index contributed by atoms with van der Waals surface area (Å²) in [7, 11) is 3.08. The van der Waals surface area contributed by atoms with Crippen molar-refractivity contribution in [1.82, 2.24) is 0 Å². The van der Waals surface area contributed by atoms with Crippen LogP contribution in [0.15, 0.2) is 30.3 Å². The second kappa shape index (κ2) is 7.70. The summed E-state index contributed by atoms with van der Waals surface area (Å²) in [6.07, 6.45) is 1.30. The molecule has 0 radical (unpaired) electrons. The Hall–Kier alpha value is -3.02. The first-order valence-corrected chi connectivity index (χ1v) is 8.66. The van der Waals surface area contributed by atoms with E-state index in [2.05, 4.69) is 6.92 Å². The van der Waals surface area contributed by atoms with Crippen molar-refractivity contribution in [3.63, 3.8) is 0 Å². The fourth-order valence-electron chi connectivity index (χ4n) is 3.37. The summed E-state index contributed by atoms with van der Waals surface area (Å²) in [5, 5.41) is 0. The van der Waals surface area contributed by atoms with Crippen molar-refractivity contribution in [3.8, 4) is 23.0 Å². The van der Waals surface area contributed by atoms with Gasteiger partial charge < -0.3 is 18.9 Å². The third-order valence-electron chi connectivity index (χ3n) is 4.65. The Kier molecular flexibility index (Phi) is 5.35. The topological polar surface area (TPSA) is 71.1 Å². The summed E-state index contributed by atoms with van der Waals surface area (Å²) in [6.45, 7) is 3.41. The van der Waals surface area contributed by atoms with E-state index in [1.807, 2.05) is 12.1 Å². The molecule has 0 amide bonds. The molecule has 2 aromatic carbocycles. The Morgan fingerprint density at radius 1 is 1.15 bits per heavy atom. The van der Waals surface area contributed by atoms with Gasteiger partial charge in [0.2, 0.25) is 0 Å². The van der Waals surface area contributed by atoms with Crippen molar-refractivity contribution in [2.24, 2.45) is 5.92 Å². The number of esters is 1. The Bertz CT molecular complexity index is 873. The third-order valence-corrected chi connectivity index (χ3v) is 4.65. The number of carbonyl (C=O) groups excluding carboxylic acids is 2. The summed E-state index contributed by atoms with van der Waals surface area (Å²) in [5.74, 6) is 1.76. The third kappa shape index (κ3) is 3.74. The first-order valence-electron chi connectivity index (χ1n) is 8.66. The predicted molar refractivity (Wildman–Crippen MR) is 98.9 cm³/mol. The molecule has 142 valence electrons. The van der Waals surface area contributed by atoms with Crippen molar-refractivity contribution in [1.29, 1.82) is 0 Å². The standard InChI is InChI=1S/C21H22O6/c1-12-7-17-15(11-22)8-16(24-3)10-19(17)27-21(12)14-5-6-18(26-13(2)23)20(9-14)25-4/h5-6,8-12,21H,7H2,1-4H3/t12-,21-/m0/s1. The minimum absolute atomic E-state index is 0.133. The maximum absolute atomic E-state index is 11.4. The zero-order chi connectivity index (χ0) is 19.6. The van der Waals surface area contributed by atoms with Crippen LogP contribution in [0.3, 0.4) is 0 Å². The lowest BCUT2D eigenvalue weighted by atomic mass is 9.86. The van der Waals surface area contributed by atoms with Gasteiger partial charge in [0.05, 0.1) is 14.2 Å². The van der Waals surface area contributed by atoms with Gasteiger partial charge >= 0.3 is 5.97 Å². The number of carbonyl (C=O) groups is 2. The molecule has 1 heterocycles. The van der Waals surface area contributed by atoms with E-state index in [1.54, 1.807) is 25.3 Å². The minimum Gasteiger partial charge on any atom is -0.497 e. The van der Waals surface area contributed by atoms with Crippen LogP contribution in [0.4, 0.5) is 0 Å². The van der Waals surface area contributed by atoms with Crippen molar-refractivity contribution < 1.29 is 28.5 Å². The van der Waals surface area contributed by atoms with Gasteiger partial charge in [0.25, 0.3) is 0 Å². The van der Waals surface area contributed by atoms with Crippen LogP contribution in [0.5, 0.6) is 23.0 Å². The zero-order valence-electron chi connectivity index (χ0n) is 15.8. The van der Waals surface area contributed by atoms with Gasteiger partial charge in [0.1, 0.15) is 17.6 Å². The van der Waals surface area contributed by atoms with Crippen LogP contribution in [0, 0.1) is 5.92 Å². The number of hydrogen-bond donors (Lipinski definition) is 0. The van der Waals surface area contributed by atoms with E-state index in [0.717, 1.165) is 17.4 Å². The first-order chi connectivity index (χ1) is 13.0. The molecule has 1 aliphatic heterocycles. The summed E-state index contributed by atoms with van der Waals surface area (Å²) in [5.41, 5.74) is 2.37. The molecule has 0 saturated carbocycles. The molecule has 0 aliphatic carbocycles. The first kappa shape index (κ1) is 18.8. The van der Waals surface area contributed by atoms with Gasteiger partial charge in [-0.3, -0.25) is 9.59 Å². The Morgan fingerprint density at radius 2 is 1.93 bits per heavy atom. The van der Waals surface area contributed by atoms with Crippen molar-refractivity contribution in [3.05, 3.63) is 47.0 Å². The molecule has 0 aromatic heterocycles. The average molecular weight is 370 g/mol. The van der Waals surface area contributed by atoms with Crippen molar-refractivity contribution >= 4 is 12.3 Å². The molecule has 0 saturated heterocycles. The zero-order valence-corrected chi connectivity index (χ0v) is 15.8. The monoisotopic (exact) mass is 370 g/mol. The highest BCUT2D eigenvalue weighted by atomic mass is 16.6. The van der Waals surface area contributed by atoms with Gasteiger partial charge in [-0.25, -0.2) is 0 Å². The molecule has 6 heteroatoms. The molecule has 0 fully saturated rings. The summed E-state index contributed by atoms with van der Waals surface area (Å²) < 4.78 is 22.0. The molecule has 0 spiro atoms. The Balaban J connectivity index is 1.97. The Labute approximate surface area is 158 Å². The number of rotatable bonds is 5. The van der Waals surface area contributed by atoms with Crippen LogP contribution in [0.2, 0.25) is 0 Å². The molecule has 3 rings (SSSR count). The summed E-state index contributed by atoms with van der Waals surface area (Å²) in [4.78, 5) is 22.7. The minimum atomic E-state index is -0.411. The number of hydrogen-bond acceptors (Lipinski definition) is 6. The van der Waals surface area contributed by atoms with Crippen LogP contribution in [-0.4, -0.2) is 26.5 Å². The number of ether oxygens (including phenoxy) is 4. The van der Waals surface area contributed by atoms with E-state index in [9.17, 15) is 9.59 Å². The molecule has 2 atom stereocenters. The van der Waals surface area contributed by atoms with Gasteiger partial charge in [0, 0.05) is 30.0 Å². The van der Waals surface area contributed by atoms with Crippen LogP contribution in [0.1, 0.15) is 41.4 Å². The second-order valence-corrected chi connectivity index (χ2v) is 6.53. The lowest BCUT2D eigenvalue weighted by Gasteiger charge is -2.33. The molecule has 1 aliphatic rings. The number of benzene rings is 2. The molecule has 6 nitrogen and oxygen atoms in total. The average Bonchev–Trinajstić information content (AvgIpc) is 2.66. The summed E-state index contributed by atoms with van der Waals surface area (Å²) in [6, 6.07) is 8.88. The lowest BCUT2D eigenvalue weighted by molar-refractivity contribution is -0.132. The highest BCUT2D eigenvalue weighted by Gasteiger charge is 2.31. The Morgan fingerprint density at radius 3 is 2.56 bits per heavy atom. The summed E-state index contributed by atoms with van der Waals surface area (Å²) >= 11 is 0. The van der Waals surface area contributed by atoms with Crippen molar-refractivity contribution in [2.45, 2.75) is 26.4 Å². The predicted octanol–water partition coefficient (Wildman–Crippen LogP) is 3.75. The van der Waals surface area contributed by atoms with E-state index in [-0.39, 0.29) is 12.0 Å². The van der Waals surface area contributed by atoms with Crippen molar-refractivity contribution in [2.75, 3.05) is 14.2 Å². The van der Waals surface area contributed by atoms with Crippen LogP contribution in [-0.2, 0) is 11.2 Å². The van der Waals surface area contributed by atoms with Gasteiger partial charge in [-0.2, -0.15) is 0 Å². The van der Waals surface area contributed by atoms with Gasteiger partial charge in [-0.15, -0.1) is 0 Å². The van der Waals surface area contributed by atoms with E-state index >= 15 is 0 Å². The SMILES string of the molecule is COc1cc(C=O)c2c(c1)O[C@H](c1ccc(OC(C)=O)c(OC)c1)[C@@H](C)C2. The molecule has 0 unspecified atom stereocenters. The maximum Gasteiger partial charge on any atom is 0.308 e. The van der Waals surface area contributed by atoms with Gasteiger partial charge in [-0.05, 0) is 30.2 Å². The quantitative estimate of drug-likeness (QED) is 0.453. The molecule has 27 heavy (non-hydrogen) atoms. The highest BCUT2D eigenvalue weighted by molar-refractivity contribution is 5.80. The van der Waals surface area contributed by atoms with Crippen LogP contribution >= 0.6 is 0 Å². The maximum atomic E-state index is 11.4. The van der Waals surface area contributed by atoms with Crippen LogP contribution < -0.4 is 18.9 Å². The largest absolute Gasteiger partial charge is 0.497 e. The van der Waals surface area contributed by atoms with E-state index in [0.29, 0.717) is 35.0 Å². The normalized spacial score (nSPS) is 18.1. The smallest absolute Gasteiger partial charge is 0.308 e. The molecule has 0 N–H and O–H groups in total.